The normalized spacial score (nSPS) is 14.4. The zero-order chi connectivity index (χ0) is 37.8. The second-order valence-electron chi connectivity index (χ2n) is 16.5. The molecular formula is C54H41NO. The van der Waals surface area contributed by atoms with Crippen molar-refractivity contribution in [2.75, 3.05) is 4.90 Å². The Morgan fingerprint density at radius 1 is 0.393 bits per heavy atom. The van der Waals surface area contributed by atoms with E-state index in [0.717, 1.165) is 22.5 Å². The molecule has 0 spiro atoms. The molecule has 0 unspecified atom stereocenters. The van der Waals surface area contributed by atoms with Crippen LogP contribution in [-0.4, -0.2) is 0 Å². The van der Waals surface area contributed by atoms with E-state index in [2.05, 4.69) is 202 Å². The third-order valence-electron chi connectivity index (χ3n) is 12.7. The number of benzene rings is 8. The van der Waals surface area contributed by atoms with Crippen molar-refractivity contribution in [3.05, 3.63) is 198 Å². The summed E-state index contributed by atoms with van der Waals surface area (Å²) in [7, 11) is 0. The van der Waals surface area contributed by atoms with Crippen LogP contribution in [0.4, 0.5) is 17.1 Å². The van der Waals surface area contributed by atoms with Gasteiger partial charge in [0.25, 0.3) is 0 Å². The Kier molecular flexibility index (Phi) is 6.98. The molecule has 0 saturated heterocycles. The van der Waals surface area contributed by atoms with E-state index >= 15 is 0 Å². The number of fused-ring (bicyclic) bond motifs is 10. The second-order valence-corrected chi connectivity index (χ2v) is 16.5. The summed E-state index contributed by atoms with van der Waals surface area (Å²) < 4.78 is 6.55. The van der Waals surface area contributed by atoms with E-state index in [1.807, 2.05) is 6.07 Å². The lowest BCUT2D eigenvalue weighted by atomic mass is 9.81. The van der Waals surface area contributed by atoms with Crippen molar-refractivity contribution in [3.63, 3.8) is 0 Å². The fourth-order valence-electron chi connectivity index (χ4n) is 9.77. The highest BCUT2D eigenvalue weighted by Crippen LogP contribution is 2.55. The Balaban J connectivity index is 1.02. The van der Waals surface area contributed by atoms with Crippen LogP contribution >= 0.6 is 0 Å². The van der Waals surface area contributed by atoms with Crippen molar-refractivity contribution in [1.29, 1.82) is 0 Å². The van der Waals surface area contributed by atoms with E-state index in [9.17, 15) is 0 Å². The van der Waals surface area contributed by atoms with Gasteiger partial charge in [0, 0.05) is 44.1 Å². The highest BCUT2D eigenvalue weighted by atomic mass is 16.3. The number of anilines is 3. The molecule has 2 aliphatic carbocycles. The second kappa shape index (κ2) is 11.9. The molecular weight excluding hydrogens is 679 g/mol. The van der Waals surface area contributed by atoms with Gasteiger partial charge in [0.15, 0.2) is 0 Å². The SMILES string of the molecule is CC1(C)c2ccccc2-c2c(N(c3ccc(-c4ccccc4)cc3)c3ccc(-c4ccc5c(c4)C(C)(C)c4ccc6c(oc7ccccc76)c4-5)cc3)cccc21. The minimum atomic E-state index is -0.158. The van der Waals surface area contributed by atoms with Crippen LogP contribution in [0.25, 0.3) is 66.4 Å². The quantitative estimate of drug-likeness (QED) is 0.176. The topological polar surface area (TPSA) is 16.4 Å². The molecule has 268 valence electrons. The van der Waals surface area contributed by atoms with Gasteiger partial charge in [-0.15, -0.1) is 0 Å². The number of furan rings is 1. The minimum Gasteiger partial charge on any atom is -0.455 e. The minimum absolute atomic E-state index is 0.0914. The third kappa shape index (κ3) is 4.69. The predicted octanol–water partition coefficient (Wildman–Crippen LogP) is 15.0. The van der Waals surface area contributed by atoms with Crippen LogP contribution in [0.5, 0.6) is 0 Å². The van der Waals surface area contributed by atoms with Crippen LogP contribution in [0.2, 0.25) is 0 Å². The molecule has 11 rings (SSSR count). The van der Waals surface area contributed by atoms with Gasteiger partial charge in [0.2, 0.25) is 0 Å². The van der Waals surface area contributed by atoms with Gasteiger partial charge in [0.1, 0.15) is 11.2 Å². The zero-order valence-electron chi connectivity index (χ0n) is 32.1. The average molecular weight is 720 g/mol. The van der Waals surface area contributed by atoms with Gasteiger partial charge in [-0.1, -0.05) is 161 Å². The summed E-state index contributed by atoms with van der Waals surface area (Å²) in [5, 5.41) is 2.35. The predicted molar refractivity (Wildman–Crippen MR) is 234 cm³/mol. The molecule has 0 fully saturated rings. The lowest BCUT2D eigenvalue weighted by molar-refractivity contribution is 0.653. The summed E-state index contributed by atoms with van der Waals surface area (Å²) in [5.74, 6) is 0. The van der Waals surface area contributed by atoms with E-state index in [1.165, 1.54) is 83.2 Å². The van der Waals surface area contributed by atoms with Crippen molar-refractivity contribution in [2.45, 2.75) is 38.5 Å². The maximum Gasteiger partial charge on any atom is 0.143 e. The first-order valence-electron chi connectivity index (χ1n) is 19.7. The molecule has 0 aliphatic heterocycles. The van der Waals surface area contributed by atoms with E-state index in [4.69, 9.17) is 4.42 Å². The van der Waals surface area contributed by atoms with E-state index in [0.29, 0.717) is 0 Å². The molecule has 1 heterocycles. The largest absolute Gasteiger partial charge is 0.455 e. The number of hydrogen-bond donors (Lipinski definition) is 0. The lowest BCUT2D eigenvalue weighted by Crippen LogP contribution is -2.16. The van der Waals surface area contributed by atoms with Gasteiger partial charge in [-0.3, -0.25) is 0 Å². The van der Waals surface area contributed by atoms with Gasteiger partial charge < -0.3 is 9.32 Å². The Hall–Kier alpha value is -6.64. The molecule has 1 aromatic heterocycles. The van der Waals surface area contributed by atoms with Crippen molar-refractivity contribution >= 4 is 39.0 Å². The Morgan fingerprint density at radius 2 is 0.964 bits per heavy atom. The molecule has 8 aromatic carbocycles. The molecule has 0 amide bonds. The number of nitrogens with zero attached hydrogens (tertiary/aromatic N) is 1. The van der Waals surface area contributed by atoms with Gasteiger partial charge >= 0.3 is 0 Å². The molecule has 0 N–H and O–H groups in total. The first-order valence-corrected chi connectivity index (χ1v) is 19.7. The Morgan fingerprint density at radius 3 is 1.73 bits per heavy atom. The monoisotopic (exact) mass is 719 g/mol. The molecule has 56 heavy (non-hydrogen) atoms. The number of hydrogen-bond acceptors (Lipinski definition) is 2. The van der Waals surface area contributed by atoms with Crippen molar-refractivity contribution in [2.24, 2.45) is 0 Å². The fraction of sp³-hybridized carbons (Fsp3) is 0.111. The summed E-state index contributed by atoms with van der Waals surface area (Å²) in [6.45, 7) is 9.39. The van der Waals surface area contributed by atoms with Gasteiger partial charge in [-0.05, 0) is 98.1 Å². The molecule has 0 radical (unpaired) electrons. The molecule has 0 atom stereocenters. The average Bonchev–Trinajstić information content (AvgIpc) is 3.82. The standard InChI is InChI=1S/C54H41NO/c1-53(2)44-17-10-8-16-42(44)50-45(53)18-12-19-48(50)55(38-26-21-35(22-27-38)34-13-6-5-7-14-34)39-28-23-36(24-29-39)37-25-30-43-47(33-37)54(3,4)46-32-31-41-40-15-9-11-20-49(40)56-52(41)51(43)46/h5-33H,1-4H3. The molecule has 2 nitrogen and oxygen atoms in total. The van der Waals surface area contributed by atoms with Crippen molar-refractivity contribution in [1.82, 2.24) is 0 Å². The highest BCUT2D eigenvalue weighted by Gasteiger charge is 2.39. The fourth-order valence-corrected chi connectivity index (χ4v) is 9.77. The Bertz CT molecular complexity index is 3000. The lowest BCUT2D eigenvalue weighted by Gasteiger charge is -2.29. The first kappa shape index (κ1) is 32.8. The molecule has 2 aliphatic rings. The molecule has 2 heteroatoms. The van der Waals surface area contributed by atoms with Crippen LogP contribution in [0.15, 0.2) is 180 Å². The van der Waals surface area contributed by atoms with Gasteiger partial charge in [-0.2, -0.15) is 0 Å². The van der Waals surface area contributed by atoms with Gasteiger partial charge in [0.05, 0.1) is 5.69 Å². The maximum absolute atomic E-state index is 6.55. The van der Waals surface area contributed by atoms with Crippen molar-refractivity contribution < 1.29 is 4.42 Å². The smallest absolute Gasteiger partial charge is 0.143 e. The third-order valence-corrected chi connectivity index (χ3v) is 12.7. The molecule has 0 saturated carbocycles. The number of para-hydroxylation sites is 1. The molecule has 9 aromatic rings. The first-order chi connectivity index (χ1) is 27.3. The number of rotatable bonds is 5. The summed E-state index contributed by atoms with van der Waals surface area (Å²) >= 11 is 0. The van der Waals surface area contributed by atoms with E-state index < -0.39 is 0 Å². The highest BCUT2D eigenvalue weighted by molar-refractivity contribution is 6.12. The summed E-state index contributed by atoms with van der Waals surface area (Å²) in [5.41, 5.74) is 20.5. The summed E-state index contributed by atoms with van der Waals surface area (Å²) in [6.07, 6.45) is 0. The van der Waals surface area contributed by atoms with Gasteiger partial charge in [-0.25, -0.2) is 0 Å². The van der Waals surface area contributed by atoms with Crippen LogP contribution in [0.1, 0.15) is 49.9 Å². The Labute approximate surface area is 328 Å². The molecule has 0 bridgehead atoms. The maximum atomic E-state index is 6.55. The zero-order valence-corrected chi connectivity index (χ0v) is 32.1. The van der Waals surface area contributed by atoms with Crippen LogP contribution < -0.4 is 4.90 Å². The van der Waals surface area contributed by atoms with E-state index in [1.54, 1.807) is 0 Å². The summed E-state index contributed by atoms with van der Waals surface area (Å²) in [4.78, 5) is 2.44. The van der Waals surface area contributed by atoms with E-state index in [-0.39, 0.29) is 10.8 Å². The summed E-state index contributed by atoms with van der Waals surface area (Å²) in [6, 6.07) is 64.5. The van der Waals surface area contributed by atoms with Crippen LogP contribution in [0.3, 0.4) is 0 Å². The van der Waals surface area contributed by atoms with Crippen LogP contribution in [0, 0.1) is 0 Å². The van der Waals surface area contributed by atoms with Crippen LogP contribution in [-0.2, 0) is 10.8 Å². The van der Waals surface area contributed by atoms with Crippen molar-refractivity contribution in [3.8, 4) is 44.5 Å².